The van der Waals surface area contributed by atoms with Gasteiger partial charge in [-0.25, -0.2) is 4.98 Å². The molecule has 1 amide bonds. The number of piperazine rings is 1. The number of carbonyl (C=O) groups excluding carboxylic acids is 2. The largest absolute Gasteiger partial charge is 0.469 e. The first-order chi connectivity index (χ1) is 24.8. The molecule has 3 aromatic rings. The normalized spacial score (nSPS) is 18.4. The first-order valence-electron chi connectivity index (χ1n) is 18.9. The smallest absolute Gasteiger partial charge is 0.306 e. The van der Waals surface area contributed by atoms with Gasteiger partial charge in [0, 0.05) is 73.9 Å². The average Bonchev–Trinajstić information content (AvgIpc) is 3.11. The highest BCUT2D eigenvalue weighted by atomic mass is 28.3. The van der Waals surface area contributed by atoms with E-state index in [1.165, 1.54) is 12.8 Å². The van der Waals surface area contributed by atoms with Crippen molar-refractivity contribution in [1.29, 1.82) is 0 Å². The maximum atomic E-state index is 14.1. The Morgan fingerprint density at radius 3 is 2.17 bits per heavy atom. The van der Waals surface area contributed by atoms with Gasteiger partial charge in [0.15, 0.2) is 0 Å². The molecule has 0 radical (unpaired) electrons. The van der Waals surface area contributed by atoms with Crippen molar-refractivity contribution in [2.75, 3.05) is 50.6 Å². The van der Waals surface area contributed by atoms with Crippen LogP contribution in [0.2, 0.25) is 16.6 Å². The molecular formula is C40H57N7O4Si. The molecule has 1 aliphatic carbocycles. The molecule has 1 saturated carbocycles. The number of carbonyl (C=O) groups is 2. The van der Waals surface area contributed by atoms with Crippen molar-refractivity contribution in [3.05, 3.63) is 52.4 Å². The topological polar surface area (TPSA) is 122 Å². The van der Waals surface area contributed by atoms with Crippen molar-refractivity contribution >= 4 is 48.3 Å². The van der Waals surface area contributed by atoms with Crippen molar-refractivity contribution in [3.8, 4) is 11.5 Å². The number of aromatic nitrogens is 3. The second-order valence-corrected chi connectivity index (χ2v) is 21.0. The molecule has 3 heterocycles. The zero-order valence-electron chi connectivity index (χ0n) is 32.3. The molecule has 52 heavy (non-hydrogen) atoms. The molecule has 2 aliphatic rings. The summed E-state index contributed by atoms with van der Waals surface area (Å²) in [7, 11) is 1.41. The Kier molecular flexibility index (Phi) is 12.8. The van der Waals surface area contributed by atoms with Crippen LogP contribution in [0.3, 0.4) is 0 Å². The zero-order valence-corrected chi connectivity index (χ0v) is 33.3. The SMILES string of the molecule is COC(=O)CCC(=O)NC1CCC(n2c(=O)cc(C#C[Si](C(C)C)(C(C)C)C(C)C)c3cnc(Nc4ccc(N5CCN(C)CC5)cc4)nc32)CC1. The molecule has 1 aliphatic heterocycles. The fourth-order valence-corrected chi connectivity index (χ4v) is 13.5. The van der Waals surface area contributed by atoms with Crippen molar-refractivity contribution in [1.82, 2.24) is 24.8 Å². The summed E-state index contributed by atoms with van der Waals surface area (Å²) in [6.45, 7) is 17.8. The molecule has 2 fully saturated rings. The molecule has 280 valence electrons. The lowest BCUT2D eigenvalue weighted by molar-refractivity contribution is -0.142. The molecule has 2 aromatic heterocycles. The molecule has 0 spiro atoms. The quantitative estimate of drug-likeness (QED) is 0.131. The van der Waals surface area contributed by atoms with Crippen molar-refractivity contribution in [3.63, 3.8) is 0 Å². The van der Waals surface area contributed by atoms with Gasteiger partial charge in [-0.05, 0) is 73.6 Å². The number of likely N-dealkylation sites (N-methyl/N-ethyl adjacent to an activating group) is 1. The number of fused-ring (bicyclic) bond motifs is 1. The van der Waals surface area contributed by atoms with Crippen LogP contribution in [0, 0.1) is 11.5 Å². The Morgan fingerprint density at radius 1 is 0.942 bits per heavy atom. The highest BCUT2D eigenvalue weighted by molar-refractivity contribution is 6.90. The highest BCUT2D eigenvalue weighted by Gasteiger charge is 2.41. The van der Waals surface area contributed by atoms with Gasteiger partial charge in [-0.3, -0.25) is 19.0 Å². The Bertz CT molecular complexity index is 1810. The number of hydrogen-bond acceptors (Lipinski definition) is 9. The van der Waals surface area contributed by atoms with Gasteiger partial charge < -0.3 is 25.2 Å². The molecular weight excluding hydrogens is 671 g/mol. The molecule has 0 atom stereocenters. The number of esters is 1. The standard InChI is InChI=1S/C40H57N7O4Si/c1-27(2)52(28(3)4,29(5)6)24-19-30-25-37(49)47(34-15-11-31(12-16-34)42-36(48)17-18-38(50)51-8)39-35(30)26-41-40(44-39)43-32-9-13-33(14-10-32)46-22-20-45(7)21-23-46/h9-10,13-14,25-29,31,34H,11-12,15-18,20-23H2,1-8H3,(H,42,48)(H,41,43,44). The Labute approximate surface area is 309 Å². The third kappa shape index (κ3) is 8.86. The fourth-order valence-electron chi connectivity index (χ4n) is 8.29. The second kappa shape index (κ2) is 17.1. The van der Waals surface area contributed by atoms with Crippen LogP contribution in [0.25, 0.3) is 11.0 Å². The molecule has 1 aromatic carbocycles. The minimum Gasteiger partial charge on any atom is -0.469 e. The molecule has 12 heteroatoms. The minimum atomic E-state index is -2.07. The van der Waals surface area contributed by atoms with Crippen LogP contribution >= 0.6 is 0 Å². The number of rotatable bonds is 11. The van der Waals surface area contributed by atoms with Gasteiger partial charge in [0.05, 0.1) is 18.9 Å². The first-order valence-corrected chi connectivity index (χ1v) is 21.2. The van der Waals surface area contributed by atoms with Crippen LogP contribution in [-0.4, -0.2) is 85.8 Å². The Morgan fingerprint density at radius 2 is 1.58 bits per heavy atom. The average molecular weight is 728 g/mol. The number of nitrogens with zero attached hydrogens (tertiary/aromatic N) is 5. The summed E-state index contributed by atoms with van der Waals surface area (Å²) < 4.78 is 6.48. The number of hydrogen-bond donors (Lipinski definition) is 2. The molecule has 5 rings (SSSR count). The summed E-state index contributed by atoms with van der Waals surface area (Å²) in [6.07, 6.45) is 4.79. The van der Waals surface area contributed by atoms with Crippen molar-refractivity contribution in [2.24, 2.45) is 0 Å². The van der Waals surface area contributed by atoms with Crippen LogP contribution in [0.4, 0.5) is 17.3 Å². The lowest BCUT2D eigenvalue weighted by Gasteiger charge is -2.38. The third-order valence-electron chi connectivity index (χ3n) is 11.3. The number of benzene rings is 1. The van der Waals surface area contributed by atoms with Gasteiger partial charge in [0.25, 0.3) is 5.56 Å². The van der Waals surface area contributed by atoms with Crippen LogP contribution in [0.1, 0.15) is 91.7 Å². The third-order valence-corrected chi connectivity index (χ3v) is 17.6. The van der Waals surface area contributed by atoms with E-state index in [9.17, 15) is 14.4 Å². The van der Waals surface area contributed by atoms with Crippen LogP contribution < -0.4 is 21.1 Å². The van der Waals surface area contributed by atoms with Gasteiger partial charge in [0.2, 0.25) is 11.9 Å². The van der Waals surface area contributed by atoms with Gasteiger partial charge in [-0.15, -0.1) is 5.54 Å². The summed E-state index contributed by atoms with van der Waals surface area (Å²) in [6, 6.07) is 9.90. The minimum absolute atomic E-state index is 0.0182. The van der Waals surface area contributed by atoms with Gasteiger partial charge in [-0.2, -0.15) is 4.98 Å². The summed E-state index contributed by atoms with van der Waals surface area (Å²) in [5, 5.41) is 7.21. The Hall–Kier alpha value is -4.21. The second-order valence-electron chi connectivity index (χ2n) is 15.5. The predicted octanol–water partition coefficient (Wildman–Crippen LogP) is 6.41. The van der Waals surface area contributed by atoms with E-state index in [1.54, 1.807) is 12.3 Å². The van der Waals surface area contributed by atoms with Crippen LogP contribution in [0.15, 0.2) is 41.3 Å². The molecule has 1 saturated heterocycles. The molecule has 0 unspecified atom stereocenters. The van der Waals surface area contributed by atoms with E-state index in [0.29, 0.717) is 59.5 Å². The predicted molar refractivity (Wildman–Crippen MR) is 212 cm³/mol. The van der Waals surface area contributed by atoms with E-state index in [4.69, 9.17) is 9.97 Å². The van der Waals surface area contributed by atoms with Crippen LogP contribution in [-0.2, 0) is 14.3 Å². The molecule has 0 bridgehead atoms. The fraction of sp³-hybridized carbons (Fsp3) is 0.575. The molecule has 2 N–H and O–H groups in total. The van der Waals surface area contributed by atoms with E-state index in [0.717, 1.165) is 37.3 Å². The van der Waals surface area contributed by atoms with E-state index in [1.807, 2.05) is 16.7 Å². The molecule has 11 nitrogen and oxygen atoms in total. The Balaban J connectivity index is 1.46. The number of nitrogens with one attached hydrogen (secondary N) is 2. The number of ether oxygens (including phenoxy) is 1. The number of amides is 1. The van der Waals surface area contributed by atoms with Crippen LogP contribution in [0.5, 0.6) is 0 Å². The monoisotopic (exact) mass is 727 g/mol. The van der Waals surface area contributed by atoms with Crippen molar-refractivity contribution < 1.29 is 14.3 Å². The summed E-state index contributed by atoms with van der Waals surface area (Å²) in [4.78, 5) is 52.6. The summed E-state index contributed by atoms with van der Waals surface area (Å²) in [5.74, 6) is 3.37. The first kappa shape index (κ1) is 39.0. The van der Waals surface area contributed by atoms with E-state index < -0.39 is 14.0 Å². The lowest BCUT2D eigenvalue weighted by Crippen LogP contribution is -2.44. The lowest BCUT2D eigenvalue weighted by atomic mass is 9.90. The van der Waals surface area contributed by atoms with Gasteiger partial charge in [-0.1, -0.05) is 47.5 Å². The van der Waals surface area contributed by atoms with E-state index >= 15 is 0 Å². The highest BCUT2D eigenvalue weighted by Crippen LogP contribution is 2.41. The maximum Gasteiger partial charge on any atom is 0.306 e. The zero-order chi connectivity index (χ0) is 37.6. The number of methoxy groups -OCH3 is 1. The number of pyridine rings is 1. The van der Waals surface area contributed by atoms with Gasteiger partial charge >= 0.3 is 5.97 Å². The van der Waals surface area contributed by atoms with E-state index in [2.05, 4.69) is 97.4 Å². The summed E-state index contributed by atoms with van der Waals surface area (Å²) >= 11 is 0. The maximum absolute atomic E-state index is 14.1. The summed E-state index contributed by atoms with van der Waals surface area (Å²) in [5.41, 5.74) is 8.33. The van der Waals surface area contributed by atoms with Crippen molar-refractivity contribution in [2.45, 2.75) is 109 Å². The number of anilines is 3. The van der Waals surface area contributed by atoms with E-state index in [-0.39, 0.29) is 36.4 Å². The van der Waals surface area contributed by atoms with Gasteiger partial charge in [0.1, 0.15) is 13.7 Å².